The molecule has 3 aliphatic heterocycles. The summed E-state index contributed by atoms with van der Waals surface area (Å²) in [5.74, 6) is -0.332. The van der Waals surface area contributed by atoms with Gasteiger partial charge in [0, 0.05) is 17.3 Å². The fourth-order valence-electron chi connectivity index (χ4n) is 5.18. The average molecular weight is 397 g/mol. The molecule has 2 fully saturated rings. The van der Waals surface area contributed by atoms with E-state index in [1.807, 2.05) is 24.3 Å². The maximum absolute atomic E-state index is 13.3. The van der Waals surface area contributed by atoms with Gasteiger partial charge in [-0.3, -0.25) is 14.5 Å². The van der Waals surface area contributed by atoms with Gasteiger partial charge in [-0.2, -0.15) is 0 Å². The number of nitrogens with one attached hydrogen (secondary N) is 2. The van der Waals surface area contributed by atoms with Crippen LogP contribution in [0.15, 0.2) is 28.9 Å². The van der Waals surface area contributed by atoms with Gasteiger partial charge in [0.2, 0.25) is 11.8 Å². The lowest BCUT2D eigenvalue weighted by molar-refractivity contribution is -0.137. The van der Waals surface area contributed by atoms with Crippen molar-refractivity contribution < 1.29 is 19.0 Å². The number of benzene rings is 1. The van der Waals surface area contributed by atoms with Crippen LogP contribution < -0.4 is 15.4 Å². The molecule has 5 rings (SSSR count). The van der Waals surface area contributed by atoms with E-state index in [-0.39, 0.29) is 24.5 Å². The minimum Gasteiger partial charge on any atom is -0.472 e. The number of aromatic nitrogens is 2. The predicted molar refractivity (Wildman–Crippen MR) is 102 cm³/mol. The highest BCUT2D eigenvalue weighted by Crippen LogP contribution is 2.55. The predicted octanol–water partition coefficient (Wildman–Crippen LogP) is 1.20. The summed E-state index contributed by atoms with van der Waals surface area (Å²) in [4.78, 5) is 28.7. The molecule has 3 aliphatic rings. The van der Waals surface area contributed by atoms with Gasteiger partial charge in [0.25, 0.3) is 5.88 Å². The summed E-state index contributed by atoms with van der Waals surface area (Å²) >= 11 is 0. The minimum atomic E-state index is -0.921. The van der Waals surface area contributed by atoms with Crippen molar-refractivity contribution in [3.63, 3.8) is 0 Å². The third-order valence-electron chi connectivity index (χ3n) is 6.34. The second kappa shape index (κ2) is 6.84. The van der Waals surface area contributed by atoms with Crippen molar-refractivity contribution in [2.45, 2.75) is 37.8 Å². The van der Waals surface area contributed by atoms with E-state index in [1.54, 1.807) is 6.92 Å². The van der Waals surface area contributed by atoms with Crippen LogP contribution in [0.4, 0.5) is 5.69 Å². The Hall–Kier alpha value is -2.94. The van der Waals surface area contributed by atoms with E-state index < -0.39 is 11.5 Å². The lowest BCUT2D eigenvalue weighted by Crippen LogP contribution is -2.54. The van der Waals surface area contributed by atoms with E-state index in [0.717, 1.165) is 30.6 Å². The van der Waals surface area contributed by atoms with Crippen LogP contribution in [-0.2, 0) is 15.1 Å². The first-order valence-corrected chi connectivity index (χ1v) is 9.99. The Labute approximate surface area is 167 Å². The summed E-state index contributed by atoms with van der Waals surface area (Å²) in [6.45, 7) is 3.12. The number of ether oxygens (including phenoxy) is 1. The number of amides is 2. The van der Waals surface area contributed by atoms with Crippen molar-refractivity contribution in [1.82, 2.24) is 20.5 Å². The molecule has 0 saturated carbocycles. The molecule has 2 aromatic rings. The number of carbonyl (C=O) groups excluding carboxylic acids is 2. The molecule has 2 amide bonds. The number of aryl methyl sites for hydroxylation is 1. The monoisotopic (exact) mass is 397 g/mol. The highest BCUT2D eigenvalue weighted by Gasteiger charge is 2.65. The highest BCUT2D eigenvalue weighted by atomic mass is 16.6. The van der Waals surface area contributed by atoms with Gasteiger partial charge in [-0.15, -0.1) is 0 Å². The number of carbonyl (C=O) groups is 2. The molecule has 9 nitrogen and oxygen atoms in total. The van der Waals surface area contributed by atoms with E-state index in [2.05, 4.69) is 30.5 Å². The Bertz CT molecular complexity index is 960. The number of hydrogen-bond acceptors (Lipinski definition) is 7. The molecule has 0 bridgehead atoms. The maximum Gasteiger partial charge on any atom is 0.278 e. The van der Waals surface area contributed by atoms with Crippen molar-refractivity contribution in [3.8, 4) is 5.88 Å². The van der Waals surface area contributed by atoms with E-state index in [1.165, 1.54) is 0 Å². The Morgan fingerprint density at radius 3 is 3.10 bits per heavy atom. The van der Waals surface area contributed by atoms with E-state index in [0.29, 0.717) is 24.5 Å². The van der Waals surface area contributed by atoms with Gasteiger partial charge < -0.3 is 15.4 Å². The molecule has 152 valence electrons. The normalized spacial score (nSPS) is 27.7. The third kappa shape index (κ3) is 2.64. The van der Waals surface area contributed by atoms with E-state index in [4.69, 9.17) is 4.74 Å². The van der Waals surface area contributed by atoms with Crippen molar-refractivity contribution in [1.29, 1.82) is 0 Å². The topological polar surface area (TPSA) is 110 Å². The maximum atomic E-state index is 13.3. The largest absolute Gasteiger partial charge is 0.472 e. The molecule has 29 heavy (non-hydrogen) atoms. The first-order valence-electron chi connectivity index (χ1n) is 9.99. The highest BCUT2D eigenvalue weighted by molar-refractivity contribution is 6.09. The Balaban J connectivity index is 1.35. The number of hydrogen-bond donors (Lipinski definition) is 2. The molecule has 1 aromatic heterocycles. The fraction of sp³-hybridized carbons (Fsp3) is 0.500. The van der Waals surface area contributed by atoms with Gasteiger partial charge in [0.05, 0.1) is 12.5 Å². The summed E-state index contributed by atoms with van der Waals surface area (Å²) < 4.78 is 10.1. The Morgan fingerprint density at radius 1 is 1.41 bits per heavy atom. The van der Waals surface area contributed by atoms with Gasteiger partial charge in [0.1, 0.15) is 17.8 Å². The molecular weight excluding hydrogens is 374 g/mol. The lowest BCUT2D eigenvalue weighted by atomic mass is 9.78. The third-order valence-corrected chi connectivity index (χ3v) is 6.34. The van der Waals surface area contributed by atoms with Gasteiger partial charge in [-0.25, -0.2) is 4.63 Å². The van der Waals surface area contributed by atoms with Crippen LogP contribution in [-0.4, -0.2) is 52.8 Å². The van der Waals surface area contributed by atoms with Crippen LogP contribution in [0.5, 0.6) is 5.88 Å². The van der Waals surface area contributed by atoms with Crippen LogP contribution in [0.3, 0.4) is 0 Å². The van der Waals surface area contributed by atoms with Crippen molar-refractivity contribution >= 4 is 17.5 Å². The molecular formula is C20H23N5O4. The number of nitrogens with zero attached hydrogens (tertiary/aromatic N) is 3. The van der Waals surface area contributed by atoms with Gasteiger partial charge in [-0.1, -0.05) is 23.4 Å². The zero-order valence-corrected chi connectivity index (χ0v) is 16.2. The molecule has 1 aromatic carbocycles. The molecule has 9 heteroatoms. The van der Waals surface area contributed by atoms with Gasteiger partial charge in [0.15, 0.2) is 0 Å². The molecule has 0 radical (unpaired) electrons. The zero-order valence-electron chi connectivity index (χ0n) is 16.2. The van der Waals surface area contributed by atoms with E-state index in [9.17, 15) is 9.59 Å². The summed E-state index contributed by atoms with van der Waals surface area (Å²) in [5, 5.41) is 13.3. The molecule has 0 aliphatic carbocycles. The zero-order chi connectivity index (χ0) is 20.0. The summed E-state index contributed by atoms with van der Waals surface area (Å²) in [6, 6.07) is 7.96. The number of fused-ring (bicyclic) bond motifs is 4. The summed E-state index contributed by atoms with van der Waals surface area (Å²) in [6.07, 6.45) is 2.75. The second-order valence-electron chi connectivity index (χ2n) is 7.84. The number of rotatable bonds is 5. The van der Waals surface area contributed by atoms with Crippen LogP contribution >= 0.6 is 0 Å². The SMILES string of the molecule is Cc1nonc1OCCNC(=O)[C@H]1C[C@H]2CCCN2[C@]12C(=O)Nc1ccccc12. The first kappa shape index (κ1) is 18.1. The average Bonchev–Trinajstić information content (AvgIpc) is 3.45. The quantitative estimate of drug-likeness (QED) is 0.730. The van der Waals surface area contributed by atoms with Crippen LogP contribution in [0.2, 0.25) is 0 Å². The van der Waals surface area contributed by atoms with Crippen LogP contribution in [0.1, 0.15) is 30.5 Å². The molecule has 1 spiro atoms. The van der Waals surface area contributed by atoms with E-state index >= 15 is 0 Å². The number of anilines is 1. The van der Waals surface area contributed by atoms with Crippen LogP contribution in [0.25, 0.3) is 0 Å². The molecule has 0 unspecified atom stereocenters. The van der Waals surface area contributed by atoms with Gasteiger partial charge in [-0.05, 0) is 44.0 Å². The lowest BCUT2D eigenvalue weighted by Gasteiger charge is -2.36. The molecule has 2 saturated heterocycles. The second-order valence-corrected chi connectivity index (χ2v) is 7.84. The standard InChI is InChI=1S/C20H23N5O4/c1-12-18(24-29-23-12)28-10-8-21-17(26)15-11-13-5-4-9-25(13)20(15)14-6-2-3-7-16(14)22-19(20)27/h2-3,6-7,13,15H,4-5,8-11H2,1H3,(H,21,26)(H,22,27)/t13-,15-,20+/m1/s1. The molecule has 2 N–H and O–H groups in total. The number of para-hydroxylation sites is 1. The van der Waals surface area contributed by atoms with Crippen molar-refractivity contribution in [2.24, 2.45) is 5.92 Å². The van der Waals surface area contributed by atoms with Crippen molar-refractivity contribution in [3.05, 3.63) is 35.5 Å². The molecule has 3 atom stereocenters. The fourth-order valence-corrected chi connectivity index (χ4v) is 5.18. The minimum absolute atomic E-state index is 0.0937. The molecule has 4 heterocycles. The first-order chi connectivity index (χ1) is 14.1. The Kier molecular flexibility index (Phi) is 4.27. The summed E-state index contributed by atoms with van der Waals surface area (Å²) in [7, 11) is 0. The van der Waals surface area contributed by atoms with Crippen molar-refractivity contribution in [2.75, 3.05) is 25.0 Å². The van der Waals surface area contributed by atoms with Gasteiger partial charge >= 0.3 is 0 Å². The summed E-state index contributed by atoms with van der Waals surface area (Å²) in [5.41, 5.74) is 1.36. The van der Waals surface area contributed by atoms with Crippen LogP contribution in [0, 0.1) is 12.8 Å². The smallest absolute Gasteiger partial charge is 0.278 e. The Morgan fingerprint density at radius 2 is 2.28 bits per heavy atom.